The Balaban J connectivity index is 2.06. The van der Waals surface area contributed by atoms with Crippen molar-refractivity contribution in [3.05, 3.63) is 35.9 Å². The smallest absolute Gasteiger partial charge is 0.409 e. The van der Waals surface area contributed by atoms with Crippen molar-refractivity contribution in [1.82, 2.24) is 4.90 Å². The quantitative estimate of drug-likeness (QED) is 0.746. The molecule has 0 aliphatic carbocycles. The summed E-state index contributed by atoms with van der Waals surface area (Å²) in [7, 11) is 1.34. The first kappa shape index (κ1) is 9.98. The second kappa shape index (κ2) is 3.55. The molecule has 1 saturated heterocycles. The first-order valence-electron chi connectivity index (χ1n) is 4.76. The van der Waals surface area contributed by atoms with Crippen molar-refractivity contribution in [3.8, 4) is 0 Å². The summed E-state index contributed by atoms with van der Waals surface area (Å²) in [6.45, 7) is 0.591. The van der Waals surface area contributed by atoms with Gasteiger partial charge >= 0.3 is 6.09 Å². The van der Waals surface area contributed by atoms with Gasteiger partial charge in [0.15, 0.2) is 0 Å². The first-order chi connectivity index (χ1) is 7.15. The summed E-state index contributed by atoms with van der Waals surface area (Å²) in [5.74, 6) is 0. The number of benzene rings is 1. The molecular weight excluding hydrogens is 194 g/mol. The Kier molecular flexibility index (Phi) is 2.36. The second-order valence-corrected chi connectivity index (χ2v) is 3.72. The molecule has 0 saturated carbocycles. The average Bonchev–Trinajstić information content (AvgIpc) is 2.25. The van der Waals surface area contributed by atoms with Gasteiger partial charge in [0.05, 0.1) is 20.2 Å². The number of methoxy groups -OCH3 is 1. The molecule has 0 aromatic heterocycles. The highest BCUT2D eigenvalue weighted by Crippen LogP contribution is 2.31. The van der Waals surface area contributed by atoms with Gasteiger partial charge < -0.3 is 14.7 Å². The number of hydrogen-bond donors (Lipinski definition) is 1. The number of nitrogens with zero attached hydrogens (tertiary/aromatic N) is 1. The fourth-order valence-electron chi connectivity index (χ4n) is 1.77. The van der Waals surface area contributed by atoms with Gasteiger partial charge in [-0.15, -0.1) is 0 Å². The lowest BCUT2D eigenvalue weighted by Crippen LogP contribution is -2.61. The topological polar surface area (TPSA) is 49.8 Å². The minimum absolute atomic E-state index is 0.295. The van der Waals surface area contributed by atoms with Crippen LogP contribution in [0.5, 0.6) is 0 Å². The van der Waals surface area contributed by atoms with Crippen LogP contribution in [-0.2, 0) is 10.3 Å². The van der Waals surface area contributed by atoms with Gasteiger partial charge in [-0.1, -0.05) is 30.3 Å². The predicted molar refractivity (Wildman–Crippen MR) is 54.3 cm³/mol. The number of carbonyl (C=O) groups is 1. The van der Waals surface area contributed by atoms with E-state index in [0.717, 1.165) is 5.56 Å². The summed E-state index contributed by atoms with van der Waals surface area (Å²) in [4.78, 5) is 12.6. The molecule has 1 aromatic rings. The number of rotatable bonds is 1. The maximum absolute atomic E-state index is 11.1. The van der Waals surface area contributed by atoms with E-state index in [4.69, 9.17) is 0 Å². The molecule has 0 bridgehead atoms. The molecule has 1 fully saturated rings. The van der Waals surface area contributed by atoms with Crippen LogP contribution in [0.25, 0.3) is 0 Å². The highest BCUT2D eigenvalue weighted by atomic mass is 16.5. The van der Waals surface area contributed by atoms with Crippen LogP contribution in [0.2, 0.25) is 0 Å². The van der Waals surface area contributed by atoms with Gasteiger partial charge in [-0.25, -0.2) is 4.79 Å². The van der Waals surface area contributed by atoms with Gasteiger partial charge in [-0.05, 0) is 5.56 Å². The van der Waals surface area contributed by atoms with Crippen molar-refractivity contribution >= 4 is 6.09 Å². The Labute approximate surface area is 88.1 Å². The largest absolute Gasteiger partial charge is 0.453 e. The Morgan fingerprint density at radius 3 is 2.53 bits per heavy atom. The molecule has 0 radical (unpaired) electrons. The number of β-amino-alcohol motifs (C(OH)–C–C–N with tert-alkyl or cyclic N) is 1. The molecule has 0 atom stereocenters. The molecule has 4 nitrogen and oxygen atoms in total. The molecule has 80 valence electrons. The third kappa shape index (κ3) is 1.68. The van der Waals surface area contributed by atoms with Crippen LogP contribution in [-0.4, -0.2) is 36.3 Å². The molecule has 1 heterocycles. The standard InChI is InChI=1S/C11H13NO3/c1-15-10(13)12-7-11(14,8-12)9-5-3-2-4-6-9/h2-6,14H,7-8H2,1H3. The number of aliphatic hydroxyl groups is 1. The van der Waals surface area contributed by atoms with E-state index in [-0.39, 0.29) is 0 Å². The minimum atomic E-state index is -0.907. The fraction of sp³-hybridized carbons (Fsp3) is 0.364. The SMILES string of the molecule is COC(=O)N1CC(O)(c2ccccc2)C1. The summed E-state index contributed by atoms with van der Waals surface area (Å²) < 4.78 is 4.56. The first-order valence-corrected chi connectivity index (χ1v) is 4.76. The second-order valence-electron chi connectivity index (χ2n) is 3.72. The number of carbonyl (C=O) groups excluding carboxylic acids is 1. The summed E-state index contributed by atoms with van der Waals surface area (Å²) in [6, 6.07) is 9.34. The molecule has 1 aromatic carbocycles. The molecule has 1 aliphatic heterocycles. The van der Waals surface area contributed by atoms with Crippen LogP contribution in [0.1, 0.15) is 5.56 Å². The van der Waals surface area contributed by atoms with Gasteiger partial charge in [0.25, 0.3) is 0 Å². The Morgan fingerprint density at radius 1 is 1.40 bits per heavy atom. The highest BCUT2D eigenvalue weighted by molar-refractivity contribution is 5.69. The monoisotopic (exact) mass is 207 g/mol. The Morgan fingerprint density at radius 2 is 2.00 bits per heavy atom. The van der Waals surface area contributed by atoms with Gasteiger partial charge in [0.2, 0.25) is 0 Å². The maximum atomic E-state index is 11.1. The summed E-state index contributed by atoms with van der Waals surface area (Å²) in [5.41, 5.74) is -0.0692. The average molecular weight is 207 g/mol. The van der Waals surface area contributed by atoms with Gasteiger partial charge in [0.1, 0.15) is 5.60 Å². The van der Waals surface area contributed by atoms with Gasteiger partial charge in [-0.2, -0.15) is 0 Å². The molecule has 1 amide bonds. The van der Waals surface area contributed by atoms with E-state index in [9.17, 15) is 9.90 Å². The third-order valence-corrected chi connectivity index (χ3v) is 2.65. The number of likely N-dealkylation sites (tertiary alicyclic amines) is 1. The van der Waals surface area contributed by atoms with E-state index in [1.807, 2.05) is 30.3 Å². The van der Waals surface area contributed by atoms with Crippen LogP contribution < -0.4 is 0 Å². The molecule has 0 spiro atoms. The summed E-state index contributed by atoms with van der Waals surface area (Å²) in [6.07, 6.45) is -0.393. The maximum Gasteiger partial charge on any atom is 0.409 e. The molecule has 1 aliphatic rings. The van der Waals surface area contributed by atoms with Crippen molar-refractivity contribution in [2.75, 3.05) is 20.2 Å². The lowest BCUT2D eigenvalue weighted by atomic mass is 9.86. The van der Waals surface area contributed by atoms with Crippen LogP contribution in [0, 0.1) is 0 Å². The zero-order valence-electron chi connectivity index (χ0n) is 8.51. The number of amides is 1. The zero-order valence-corrected chi connectivity index (χ0v) is 8.51. The fourth-order valence-corrected chi connectivity index (χ4v) is 1.77. The zero-order chi connectivity index (χ0) is 10.9. The van der Waals surface area contributed by atoms with E-state index >= 15 is 0 Å². The lowest BCUT2D eigenvalue weighted by Gasteiger charge is -2.45. The molecule has 1 N–H and O–H groups in total. The molecule has 4 heteroatoms. The van der Waals surface area contributed by atoms with E-state index < -0.39 is 11.7 Å². The van der Waals surface area contributed by atoms with Gasteiger partial charge in [-0.3, -0.25) is 0 Å². The number of hydrogen-bond acceptors (Lipinski definition) is 3. The van der Waals surface area contributed by atoms with E-state index in [1.165, 1.54) is 12.0 Å². The normalized spacial score (nSPS) is 18.1. The van der Waals surface area contributed by atoms with E-state index in [2.05, 4.69) is 4.74 Å². The number of ether oxygens (including phenoxy) is 1. The van der Waals surface area contributed by atoms with E-state index in [0.29, 0.717) is 13.1 Å². The Hall–Kier alpha value is -1.55. The third-order valence-electron chi connectivity index (χ3n) is 2.65. The molecule has 2 rings (SSSR count). The Bertz CT molecular complexity index is 357. The van der Waals surface area contributed by atoms with Crippen molar-refractivity contribution in [1.29, 1.82) is 0 Å². The van der Waals surface area contributed by atoms with Crippen LogP contribution in [0.3, 0.4) is 0 Å². The lowest BCUT2D eigenvalue weighted by molar-refractivity contribution is -0.0919. The van der Waals surface area contributed by atoms with Crippen molar-refractivity contribution in [2.45, 2.75) is 5.60 Å². The van der Waals surface area contributed by atoms with Crippen LogP contribution in [0.15, 0.2) is 30.3 Å². The summed E-state index contributed by atoms with van der Waals surface area (Å²) in [5, 5.41) is 10.1. The van der Waals surface area contributed by atoms with Crippen molar-refractivity contribution in [3.63, 3.8) is 0 Å². The molecule has 15 heavy (non-hydrogen) atoms. The van der Waals surface area contributed by atoms with Crippen LogP contribution >= 0.6 is 0 Å². The van der Waals surface area contributed by atoms with Crippen molar-refractivity contribution < 1.29 is 14.6 Å². The van der Waals surface area contributed by atoms with Crippen molar-refractivity contribution in [2.24, 2.45) is 0 Å². The van der Waals surface area contributed by atoms with Crippen LogP contribution in [0.4, 0.5) is 4.79 Å². The predicted octanol–water partition coefficient (Wildman–Crippen LogP) is 0.956. The minimum Gasteiger partial charge on any atom is -0.453 e. The summed E-state index contributed by atoms with van der Waals surface area (Å²) >= 11 is 0. The van der Waals surface area contributed by atoms with Gasteiger partial charge in [0, 0.05) is 0 Å². The highest BCUT2D eigenvalue weighted by Gasteiger charge is 2.45. The molecule has 0 unspecified atom stereocenters. The van der Waals surface area contributed by atoms with E-state index in [1.54, 1.807) is 0 Å². The molecular formula is C11H13NO3.